The highest BCUT2D eigenvalue weighted by molar-refractivity contribution is 6.42. The second-order valence-corrected chi connectivity index (χ2v) is 9.26. The van der Waals surface area contributed by atoms with Crippen molar-refractivity contribution in [2.24, 2.45) is 5.73 Å². The fraction of sp³-hybridized carbons (Fsp3) is 0.440. The molecule has 3 N–H and O–H groups in total. The molecule has 0 radical (unpaired) electrons. The van der Waals surface area contributed by atoms with Gasteiger partial charge < -0.3 is 25.3 Å². The lowest BCUT2D eigenvalue weighted by atomic mass is 10.2. The van der Waals surface area contributed by atoms with Gasteiger partial charge in [-0.3, -0.25) is 4.90 Å². The van der Waals surface area contributed by atoms with Crippen LogP contribution in [0.2, 0.25) is 10.0 Å². The summed E-state index contributed by atoms with van der Waals surface area (Å²) in [4.78, 5) is 11.3. The molecule has 0 aliphatic carbocycles. The van der Waals surface area contributed by atoms with Gasteiger partial charge in [-0.25, -0.2) is 9.97 Å². The number of aromatic nitrogens is 2. The number of rotatable bonds is 11. The van der Waals surface area contributed by atoms with Crippen molar-refractivity contribution in [2.45, 2.75) is 25.4 Å². The van der Waals surface area contributed by atoms with E-state index < -0.39 is 0 Å². The van der Waals surface area contributed by atoms with E-state index in [9.17, 15) is 0 Å². The Morgan fingerprint density at radius 1 is 1.11 bits per heavy atom. The molecule has 0 spiro atoms. The molecule has 2 heterocycles. The molecular weight excluding hydrogens is 489 g/mol. The lowest BCUT2D eigenvalue weighted by molar-refractivity contribution is -0.0484. The van der Waals surface area contributed by atoms with Crippen LogP contribution in [0.1, 0.15) is 19.3 Å². The number of methoxy groups -OCH3 is 1. The number of ether oxygens (including phenoxy) is 3. The third-order valence-electron chi connectivity index (χ3n) is 5.93. The van der Waals surface area contributed by atoms with Gasteiger partial charge >= 0.3 is 0 Å². The molecule has 35 heavy (non-hydrogen) atoms. The number of hydrogen-bond donors (Lipinski definition) is 2. The summed E-state index contributed by atoms with van der Waals surface area (Å²) in [6.07, 6.45) is 4.89. The van der Waals surface area contributed by atoms with Crippen molar-refractivity contribution < 1.29 is 14.2 Å². The van der Waals surface area contributed by atoms with Gasteiger partial charge in [-0.1, -0.05) is 29.6 Å². The fourth-order valence-electron chi connectivity index (χ4n) is 4.07. The molecule has 1 saturated heterocycles. The van der Waals surface area contributed by atoms with Gasteiger partial charge in [0, 0.05) is 30.2 Å². The predicted octanol–water partition coefficient (Wildman–Crippen LogP) is 4.90. The van der Waals surface area contributed by atoms with Crippen molar-refractivity contribution in [2.75, 3.05) is 51.8 Å². The van der Waals surface area contributed by atoms with Crippen LogP contribution in [-0.2, 0) is 4.74 Å². The SMILES string of the molecule is COc1cc2c(Nc3ccc(Cl)c(Cl)c3)ncnc2cc1OCC1CN(CCCCCN)CCO1. The summed E-state index contributed by atoms with van der Waals surface area (Å²) in [5, 5.41) is 5.02. The fourth-order valence-corrected chi connectivity index (χ4v) is 4.37. The van der Waals surface area contributed by atoms with Gasteiger partial charge in [0.1, 0.15) is 24.9 Å². The van der Waals surface area contributed by atoms with E-state index in [1.54, 1.807) is 19.2 Å². The quantitative estimate of drug-likeness (QED) is 0.345. The van der Waals surface area contributed by atoms with Crippen LogP contribution in [-0.4, -0.2) is 67.5 Å². The number of nitrogens with zero attached hydrogens (tertiary/aromatic N) is 3. The van der Waals surface area contributed by atoms with Crippen molar-refractivity contribution in [3.63, 3.8) is 0 Å². The number of fused-ring (bicyclic) bond motifs is 1. The van der Waals surface area contributed by atoms with E-state index in [0.717, 1.165) is 62.0 Å². The number of benzene rings is 2. The van der Waals surface area contributed by atoms with E-state index in [-0.39, 0.29) is 6.10 Å². The third-order valence-corrected chi connectivity index (χ3v) is 6.67. The molecule has 1 fully saturated rings. The molecule has 3 aromatic rings. The lowest BCUT2D eigenvalue weighted by Gasteiger charge is -2.32. The number of halogens is 2. The molecule has 1 aliphatic heterocycles. The lowest BCUT2D eigenvalue weighted by Crippen LogP contribution is -2.45. The number of anilines is 2. The molecule has 2 aromatic carbocycles. The zero-order valence-electron chi connectivity index (χ0n) is 19.8. The molecule has 4 rings (SSSR count). The van der Waals surface area contributed by atoms with Crippen LogP contribution in [0.15, 0.2) is 36.7 Å². The Bertz CT molecular complexity index is 1130. The van der Waals surface area contributed by atoms with Gasteiger partial charge in [0.15, 0.2) is 11.5 Å². The maximum atomic E-state index is 6.15. The highest BCUT2D eigenvalue weighted by Crippen LogP contribution is 2.35. The summed E-state index contributed by atoms with van der Waals surface area (Å²) in [6, 6.07) is 9.05. The van der Waals surface area contributed by atoms with Crippen LogP contribution >= 0.6 is 23.2 Å². The van der Waals surface area contributed by atoms with E-state index in [1.165, 1.54) is 6.33 Å². The third kappa shape index (κ3) is 6.86. The van der Waals surface area contributed by atoms with Gasteiger partial charge in [-0.05, 0) is 50.2 Å². The predicted molar refractivity (Wildman–Crippen MR) is 140 cm³/mol. The first kappa shape index (κ1) is 25.7. The summed E-state index contributed by atoms with van der Waals surface area (Å²) < 4.78 is 17.7. The maximum Gasteiger partial charge on any atom is 0.163 e. The van der Waals surface area contributed by atoms with Crippen LogP contribution in [0.5, 0.6) is 11.5 Å². The molecule has 1 unspecified atom stereocenters. The summed E-state index contributed by atoms with van der Waals surface area (Å²) >= 11 is 12.2. The molecule has 1 aromatic heterocycles. The van der Waals surface area contributed by atoms with Gasteiger partial charge in [-0.15, -0.1) is 0 Å². The topological polar surface area (TPSA) is 94.8 Å². The average molecular weight is 520 g/mol. The Morgan fingerprint density at radius 3 is 2.80 bits per heavy atom. The normalized spacial score (nSPS) is 16.4. The Hall–Kier alpha value is -2.36. The number of nitrogens with two attached hydrogens (primary N) is 1. The Kier molecular flexibility index (Phi) is 9.23. The zero-order valence-corrected chi connectivity index (χ0v) is 21.3. The van der Waals surface area contributed by atoms with Crippen molar-refractivity contribution in [1.82, 2.24) is 14.9 Å². The molecule has 0 amide bonds. The van der Waals surface area contributed by atoms with E-state index in [4.69, 9.17) is 43.1 Å². The minimum Gasteiger partial charge on any atom is -0.493 e. The van der Waals surface area contributed by atoms with Crippen molar-refractivity contribution in [1.29, 1.82) is 0 Å². The first-order valence-electron chi connectivity index (χ1n) is 11.8. The van der Waals surface area contributed by atoms with Crippen LogP contribution in [0.4, 0.5) is 11.5 Å². The number of nitrogens with one attached hydrogen (secondary N) is 1. The molecule has 1 atom stereocenters. The highest BCUT2D eigenvalue weighted by Gasteiger charge is 2.22. The number of unbranched alkanes of at least 4 members (excludes halogenated alkanes) is 2. The molecule has 0 bridgehead atoms. The van der Waals surface area contributed by atoms with E-state index in [1.807, 2.05) is 18.2 Å². The van der Waals surface area contributed by atoms with Gasteiger partial charge in [0.25, 0.3) is 0 Å². The van der Waals surface area contributed by atoms with Gasteiger partial charge in [0.05, 0.1) is 29.3 Å². The smallest absolute Gasteiger partial charge is 0.163 e. The first-order chi connectivity index (χ1) is 17.1. The van der Waals surface area contributed by atoms with Crippen molar-refractivity contribution >= 4 is 45.6 Å². The van der Waals surface area contributed by atoms with E-state index in [2.05, 4.69) is 20.2 Å². The minimum absolute atomic E-state index is 0.00376. The monoisotopic (exact) mass is 519 g/mol. The molecule has 8 nitrogen and oxygen atoms in total. The molecule has 10 heteroatoms. The van der Waals surface area contributed by atoms with Crippen LogP contribution in [0.25, 0.3) is 10.9 Å². The molecule has 1 aliphatic rings. The van der Waals surface area contributed by atoms with E-state index in [0.29, 0.717) is 40.6 Å². The van der Waals surface area contributed by atoms with Crippen molar-refractivity contribution in [3.8, 4) is 11.5 Å². The second kappa shape index (κ2) is 12.6. The highest BCUT2D eigenvalue weighted by atomic mass is 35.5. The number of morpholine rings is 1. The Labute approximate surface area is 215 Å². The first-order valence-corrected chi connectivity index (χ1v) is 12.5. The molecule has 188 valence electrons. The van der Waals surface area contributed by atoms with Crippen LogP contribution in [0, 0.1) is 0 Å². The van der Waals surface area contributed by atoms with Gasteiger partial charge in [0.2, 0.25) is 0 Å². The Morgan fingerprint density at radius 2 is 2.00 bits per heavy atom. The van der Waals surface area contributed by atoms with Gasteiger partial charge in [-0.2, -0.15) is 0 Å². The minimum atomic E-state index is -0.00376. The largest absolute Gasteiger partial charge is 0.493 e. The van der Waals surface area contributed by atoms with Crippen LogP contribution in [0.3, 0.4) is 0 Å². The van der Waals surface area contributed by atoms with Crippen LogP contribution < -0.4 is 20.5 Å². The standard InChI is InChI=1S/C25H31Cl2N5O3/c1-33-23-12-19-22(29-16-30-25(19)31-17-5-6-20(26)21(27)11-17)13-24(23)35-15-18-14-32(9-10-34-18)8-4-2-3-7-28/h5-6,11-13,16,18H,2-4,7-10,14-15,28H2,1H3,(H,29,30,31). The second-order valence-electron chi connectivity index (χ2n) is 8.45. The molecular formula is C25H31Cl2N5O3. The van der Waals surface area contributed by atoms with Crippen molar-refractivity contribution in [3.05, 3.63) is 46.7 Å². The maximum absolute atomic E-state index is 6.15. The average Bonchev–Trinajstić information content (AvgIpc) is 2.87. The Balaban J connectivity index is 1.44. The zero-order chi connectivity index (χ0) is 24.6. The summed E-state index contributed by atoms with van der Waals surface area (Å²) in [7, 11) is 1.62. The summed E-state index contributed by atoms with van der Waals surface area (Å²) in [6.45, 7) is 4.75. The molecule has 0 saturated carbocycles. The number of hydrogen-bond acceptors (Lipinski definition) is 8. The van der Waals surface area contributed by atoms with E-state index >= 15 is 0 Å². The summed E-state index contributed by atoms with van der Waals surface area (Å²) in [5.41, 5.74) is 7.09. The summed E-state index contributed by atoms with van der Waals surface area (Å²) in [5.74, 6) is 1.83.